The standard InChI is InChI=1S/C5H11O3P/c1-2-5(3-6)4-9(7)8/h5-6H,2-4H2,1H3/p+1. The van der Waals surface area contributed by atoms with E-state index in [0.29, 0.717) is 0 Å². The van der Waals surface area contributed by atoms with E-state index < -0.39 is 8.03 Å². The first kappa shape index (κ1) is 9.02. The topological polar surface area (TPSA) is 57.5 Å². The first-order valence-corrected chi connectivity index (χ1v) is 4.34. The number of aliphatic hydroxyl groups is 1. The van der Waals surface area contributed by atoms with Gasteiger partial charge in [-0.2, -0.15) is 4.89 Å². The Hall–Kier alpha value is 0.0200. The number of hydrogen-bond donors (Lipinski definition) is 2. The Morgan fingerprint density at radius 2 is 2.22 bits per heavy atom. The SMILES string of the molecule is CCC(CO)C[P+](=O)O. The molecule has 0 aromatic heterocycles. The molecule has 0 bridgehead atoms. The number of rotatable bonds is 4. The largest absolute Gasteiger partial charge is 0.505 e. The van der Waals surface area contributed by atoms with Gasteiger partial charge in [-0.05, 0) is 11.0 Å². The third-order valence-electron chi connectivity index (χ3n) is 1.25. The van der Waals surface area contributed by atoms with E-state index in [9.17, 15) is 4.57 Å². The van der Waals surface area contributed by atoms with E-state index in [2.05, 4.69) is 0 Å². The van der Waals surface area contributed by atoms with Gasteiger partial charge >= 0.3 is 8.03 Å². The molecule has 2 unspecified atom stereocenters. The number of hydrogen-bond acceptors (Lipinski definition) is 2. The zero-order valence-electron chi connectivity index (χ0n) is 5.45. The Kier molecular flexibility index (Phi) is 4.87. The lowest BCUT2D eigenvalue weighted by atomic mass is 10.1. The van der Waals surface area contributed by atoms with Crippen molar-refractivity contribution in [1.82, 2.24) is 0 Å². The van der Waals surface area contributed by atoms with Gasteiger partial charge in [0.05, 0.1) is 6.61 Å². The summed E-state index contributed by atoms with van der Waals surface area (Å²) in [4.78, 5) is 8.38. The Labute approximate surface area is 55.6 Å². The molecule has 0 fully saturated rings. The molecule has 0 radical (unpaired) electrons. The van der Waals surface area contributed by atoms with E-state index in [-0.39, 0.29) is 18.7 Å². The molecule has 0 aliphatic rings. The van der Waals surface area contributed by atoms with Gasteiger partial charge in [-0.1, -0.05) is 6.92 Å². The molecule has 4 heteroatoms. The first-order valence-electron chi connectivity index (χ1n) is 2.95. The van der Waals surface area contributed by atoms with Crippen LogP contribution in [0.5, 0.6) is 0 Å². The summed E-state index contributed by atoms with van der Waals surface area (Å²) in [6.07, 6.45) is 0.987. The summed E-state index contributed by atoms with van der Waals surface area (Å²) < 4.78 is 10.2. The quantitative estimate of drug-likeness (QED) is 0.582. The summed E-state index contributed by atoms with van der Waals surface area (Å²) in [7, 11) is -2.06. The zero-order valence-corrected chi connectivity index (χ0v) is 6.34. The fraction of sp³-hybridized carbons (Fsp3) is 1.00. The molecule has 0 aliphatic carbocycles. The molecule has 0 heterocycles. The predicted molar refractivity (Wildman–Crippen MR) is 35.6 cm³/mol. The molecule has 0 saturated heterocycles. The summed E-state index contributed by atoms with van der Waals surface area (Å²) in [6, 6.07) is 0. The van der Waals surface area contributed by atoms with Crippen molar-refractivity contribution in [2.24, 2.45) is 5.92 Å². The van der Waals surface area contributed by atoms with Crippen LogP contribution >= 0.6 is 8.03 Å². The van der Waals surface area contributed by atoms with Gasteiger partial charge < -0.3 is 5.11 Å². The maximum Gasteiger partial charge on any atom is 0.505 e. The van der Waals surface area contributed by atoms with Crippen LogP contribution in [0.4, 0.5) is 0 Å². The van der Waals surface area contributed by atoms with Crippen LogP contribution in [-0.4, -0.2) is 22.8 Å². The van der Waals surface area contributed by atoms with Gasteiger partial charge in [-0.15, -0.1) is 0 Å². The third kappa shape index (κ3) is 4.52. The summed E-state index contributed by atoms with van der Waals surface area (Å²) >= 11 is 0. The van der Waals surface area contributed by atoms with Gasteiger partial charge in [-0.3, -0.25) is 0 Å². The molecule has 54 valence electrons. The fourth-order valence-corrected chi connectivity index (χ4v) is 1.35. The van der Waals surface area contributed by atoms with Crippen LogP contribution in [0.25, 0.3) is 0 Å². The molecular weight excluding hydrogens is 139 g/mol. The van der Waals surface area contributed by atoms with Crippen molar-refractivity contribution in [2.75, 3.05) is 12.8 Å². The van der Waals surface area contributed by atoms with Gasteiger partial charge in [0.2, 0.25) is 0 Å². The van der Waals surface area contributed by atoms with Gasteiger partial charge in [0.1, 0.15) is 0 Å². The van der Waals surface area contributed by atoms with Crippen LogP contribution in [0.15, 0.2) is 0 Å². The summed E-state index contributed by atoms with van der Waals surface area (Å²) in [5, 5.41) is 8.54. The smallest absolute Gasteiger partial charge is 0.396 e. The van der Waals surface area contributed by atoms with E-state index in [0.717, 1.165) is 6.42 Å². The van der Waals surface area contributed by atoms with Crippen molar-refractivity contribution in [3.05, 3.63) is 0 Å². The molecule has 0 amide bonds. The van der Waals surface area contributed by atoms with Crippen LogP contribution in [0.3, 0.4) is 0 Å². The minimum Gasteiger partial charge on any atom is -0.396 e. The van der Waals surface area contributed by atoms with Gasteiger partial charge in [0, 0.05) is 5.92 Å². The molecule has 2 N–H and O–H groups in total. The molecule has 0 aromatic carbocycles. The molecular formula is C5H12O3P+. The molecule has 0 aromatic rings. The molecule has 0 spiro atoms. The zero-order chi connectivity index (χ0) is 7.28. The molecule has 3 nitrogen and oxygen atoms in total. The normalized spacial score (nSPS) is 15.2. The van der Waals surface area contributed by atoms with Gasteiger partial charge in [0.15, 0.2) is 6.16 Å². The molecule has 0 rings (SSSR count). The van der Waals surface area contributed by atoms with E-state index in [1.165, 1.54) is 0 Å². The highest BCUT2D eigenvalue weighted by Gasteiger charge is 2.18. The van der Waals surface area contributed by atoms with Crippen molar-refractivity contribution in [2.45, 2.75) is 13.3 Å². The minimum atomic E-state index is -2.06. The predicted octanol–water partition coefficient (Wildman–Crippen LogP) is 0.740. The summed E-state index contributed by atoms with van der Waals surface area (Å²) in [5.74, 6) is -0.00129. The summed E-state index contributed by atoms with van der Waals surface area (Å²) in [6.45, 7) is 1.90. The van der Waals surface area contributed by atoms with E-state index in [1.807, 2.05) is 6.92 Å². The highest BCUT2D eigenvalue weighted by molar-refractivity contribution is 7.38. The van der Waals surface area contributed by atoms with Crippen molar-refractivity contribution in [3.8, 4) is 0 Å². The van der Waals surface area contributed by atoms with E-state index >= 15 is 0 Å². The monoisotopic (exact) mass is 151 g/mol. The second kappa shape index (κ2) is 4.86. The maximum atomic E-state index is 10.2. The van der Waals surface area contributed by atoms with Crippen LogP contribution < -0.4 is 0 Å². The highest BCUT2D eigenvalue weighted by atomic mass is 31.1. The Morgan fingerprint density at radius 3 is 2.33 bits per heavy atom. The lowest BCUT2D eigenvalue weighted by Gasteiger charge is -2.00. The third-order valence-corrected chi connectivity index (χ3v) is 2.08. The molecule has 2 atom stereocenters. The van der Waals surface area contributed by atoms with Crippen LogP contribution in [0.1, 0.15) is 13.3 Å². The highest BCUT2D eigenvalue weighted by Crippen LogP contribution is 2.19. The average Bonchev–Trinajstić information content (AvgIpc) is 1.82. The Balaban J connectivity index is 3.43. The van der Waals surface area contributed by atoms with E-state index in [1.54, 1.807) is 0 Å². The van der Waals surface area contributed by atoms with Crippen molar-refractivity contribution < 1.29 is 14.6 Å². The lowest BCUT2D eigenvalue weighted by Crippen LogP contribution is -2.06. The van der Waals surface area contributed by atoms with Crippen LogP contribution in [0.2, 0.25) is 0 Å². The van der Waals surface area contributed by atoms with Crippen molar-refractivity contribution in [1.29, 1.82) is 0 Å². The Morgan fingerprint density at radius 1 is 1.67 bits per heavy atom. The van der Waals surface area contributed by atoms with Crippen molar-refractivity contribution in [3.63, 3.8) is 0 Å². The molecule has 9 heavy (non-hydrogen) atoms. The Bertz CT molecular complexity index is 90.2. The van der Waals surface area contributed by atoms with Crippen LogP contribution in [-0.2, 0) is 4.57 Å². The average molecular weight is 151 g/mol. The second-order valence-electron chi connectivity index (χ2n) is 1.99. The van der Waals surface area contributed by atoms with Crippen molar-refractivity contribution >= 4 is 8.03 Å². The van der Waals surface area contributed by atoms with Crippen LogP contribution in [0, 0.1) is 5.92 Å². The minimum absolute atomic E-state index is 0.00129. The van der Waals surface area contributed by atoms with Gasteiger partial charge in [0.25, 0.3) is 0 Å². The molecule has 0 saturated carbocycles. The second-order valence-corrected chi connectivity index (χ2v) is 3.06. The maximum absolute atomic E-state index is 10.2. The fourth-order valence-electron chi connectivity index (χ4n) is 0.537. The number of aliphatic hydroxyl groups excluding tert-OH is 1. The van der Waals surface area contributed by atoms with Gasteiger partial charge in [-0.25, -0.2) is 0 Å². The lowest BCUT2D eigenvalue weighted by molar-refractivity contribution is 0.234. The summed E-state index contributed by atoms with van der Waals surface area (Å²) in [5.41, 5.74) is 0. The first-order chi connectivity index (χ1) is 4.20. The van der Waals surface area contributed by atoms with E-state index in [4.69, 9.17) is 10.00 Å². The molecule has 0 aliphatic heterocycles.